The highest BCUT2D eigenvalue weighted by molar-refractivity contribution is 5.95. The highest BCUT2D eigenvalue weighted by Gasteiger charge is 2.33. The molecule has 1 fully saturated rings. The third-order valence-corrected chi connectivity index (χ3v) is 3.72. The Hall–Kier alpha value is -2.70. The number of carbonyl (C=O) groups is 2. The second-order valence-electron chi connectivity index (χ2n) is 5.17. The molecule has 7 heteroatoms. The third-order valence-electron chi connectivity index (χ3n) is 3.72. The van der Waals surface area contributed by atoms with Crippen LogP contribution in [0.25, 0.3) is 11.3 Å². The van der Waals surface area contributed by atoms with E-state index in [0.29, 0.717) is 24.3 Å². The molecule has 1 atom stereocenters. The second kappa shape index (κ2) is 5.97. The van der Waals surface area contributed by atoms with E-state index in [2.05, 4.69) is 10.1 Å². The van der Waals surface area contributed by atoms with Gasteiger partial charge in [-0.05, 0) is 31.4 Å². The number of aliphatic carboxylic acids is 1. The number of carboxylic acids is 1. The van der Waals surface area contributed by atoms with E-state index < -0.39 is 17.9 Å². The number of aromatic nitrogens is 2. The van der Waals surface area contributed by atoms with Gasteiger partial charge in [0.2, 0.25) is 0 Å². The van der Waals surface area contributed by atoms with Gasteiger partial charge in [-0.25, -0.2) is 4.79 Å². The van der Waals surface area contributed by atoms with Gasteiger partial charge in [0.15, 0.2) is 11.5 Å². The maximum absolute atomic E-state index is 12.5. The number of pyridine rings is 1. The molecule has 114 valence electrons. The third kappa shape index (κ3) is 2.69. The van der Waals surface area contributed by atoms with Crippen molar-refractivity contribution in [1.82, 2.24) is 15.0 Å². The first-order chi connectivity index (χ1) is 10.7. The van der Waals surface area contributed by atoms with Gasteiger partial charge in [-0.15, -0.1) is 0 Å². The van der Waals surface area contributed by atoms with Gasteiger partial charge in [-0.2, -0.15) is 0 Å². The first kappa shape index (κ1) is 14.2. The van der Waals surface area contributed by atoms with E-state index in [-0.39, 0.29) is 5.69 Å². The van der Waals surface area contributed by atoms with E-state index in [4.69, 9.17) is 4.52 Å². The van der Waals surface area contributed by atoms with Crippen molar-refractivity contribution in [1.29, 1.82) is 0 Å². The number of likely N-dealkylation sites (tertiary alicyclic amines) is 1. The summed E-state index contributed by atoms with van der Waals surface area (Å²) in [6, 6.07) is 4.28. The summed E-state index contributed by atoms with van der Waals surface area (Å²) in [6.45, 7) is 0.422. The van der Waals surface area contributed by atoms with Gasteiger partial charge >= 0.3 is 5.97 Å². The zero-order valence-electron chi connectivity index (χ0n) is 11.8. The van der Waals surface area contributed by atoms with Crippen molar-refractivity contribution < 1.29 is 19.2 Å². The fourth-order valence-corrected chi connectivity index (χ4v) is 2.60. The Balaban J connectivity index is 1.83. The van der Waals surface area contributed by atoms with Gasteiger partial charge in [0.05, 0.1) is 0 Å². The average molecular weight is 301 g/mol. The van der Waals surface area contributed by atoms with E-state index in [1.165, 1.54) is 11.0 Å². The molecule has 1 aliphatic heterocycles. The Kier molecular flexibility index (Phi) is 3.86. The predicted molar refractivity (Wildman–Crippen MR) is 76.0 cm³/mol. The zero-order valence-corrected chi connectivity index (χ0v) is 11.8. The lowest BCUT2D eigenvalue weighted by Gasteiger charge is -2.32. The molecule has 0 aromatic carbocycles. The van der Waals surface area contributed by atoms with E-state index in [0.717, 1.165) is 12.8 Å². The van der Waals surface area contributed by atoms with Crippen LogP contribution in [0.3, 0.4) is 0 Å². The van der Waals surface area contributed by atoms with E-state index in [1.54, 1.807) is 24.5 Å². The molecule has 1 aliphatic rings. The molecule has 0 aliphatic carbocycles. The SMILES string of the molecule is O=C(O)C1CCCCN1C(=O)c1cc(-c2cccnc2)on1. The summed E-state index contributed by atoms with van der Waals surface area (Å²) in [5.74, 6) is -0.963. The molecule has 3 heterocycles. The fourth-order valence-electron chi connectivity index (χ4n) is 2.60. The average Bonchev–Trinajstić information content (AvgIpc) is 3.05. The highest BCUT2D eigenvalue weighted by Crippen LogP contribution is 2.23. The van der Waals surface area contributed by atoms with Crippen molar-refractivity contribution >= 4 is 11.9 Å². The minimum absolute atomic E-state index is 0.118. The lowest BCUT2D eigenvalue weighted by Crippen LogP contribution is -2.48. The topological polar surface area (TPSA) is 96.5 Å². The Morgan fingerprint density at radius 1 is 1.36 bits per heavy atom. The van der Waals surface area contributed by atoms with Gasteiger partial charge in [-0.3, -0.25) is 9.78 Å². The number of hydrogen-bond acceptors (Lipinski definition) is 5. The summed E-state index contributed by atoms with van der Waals surface area (Å²) in [4.78, 5) is 29.1. The van der Waals surface area contributed by atoms with Crippen LogP contribution in [0.15, 0.2) is 35.1 Å². The molecular formula is C15H15N3O4. The van der Waals surface area contributed by atoms with Crippen molar-refractivity contribution in [3.05, 3.63) is 36.3 Å². The summed E-state index contributed by atoms with van der Waals surface area (Å²) in [6.07, 6.45) is 5.31. The number of nitrogens with zero attached hydrogens (tertiary/aromatic N) is 3. The summed E-state index contributed by atoms with van der Waals surface area (Å²) < 4.78 is 5.17. The molecule has 1 unspecified atom stereocenters. The quantitative estimate of drug-likeness (QED) is 0.928. The zero-order chi connectivity index (χ0) is 15.5. The molecule has 0 saturated carbocycles. The molecule has 0 radical (unpaired) electrons. The molecule has 0 spiro atoms. The number of piperidine rings is 1. The first-order valence-corrected chi connectivity index (χ1v) is 7.07. The van der Waals surface area contributed by atoms with Crippen molar-refractivity contribution in [3.8, 4) is 11.3 Å². The number of carboxylic acid groups (broad SMARTS) is 1. The van der Waals surface area contributed by atoms with Crippen molar-refractivity contribution in [2.75, 3.05) is 6.54 Å². The Labute approximate surface area is 126 Å². The second-order valence-corrected chi connectivity index (χ2v) is 5.17. The summed E-state index contributed by atoms with van der Waals surface area (Å²) >= 11 is 0. The van der Waals surface area contributed by atoms with Crippen LogP contribution in [0.5, 0.6) is 0 Å². The summed E-state index contributed by atoms with van der Waals surface area (Å²) in [5.41, 5.74) is 0.828. The van der Waals surface area contributed by atoms with Crippen LogP contribution in [0.4, 0.5) is 0 Å². The van der Waals surface area contributed by atoms with Gasteiger partial charge in [0.1, 0.15) is 6.04 Å². The number of carbonyl (C=O) groups excluding carboxylic acids is 1. The molecule has 2 aromatic rings. The fraction of sp³-hybridized carbons (Fsp3) is 0.333. The van der Waals surface area contributed by atoms with Crippen molar-refractivity contribution in [2.24, 2.45) is 0 Å². The molecule has 3 rings (SSSR count). The van der Waals surface area contributed by atoms with Gasteiger partial charge in [0.25, 0.3) is 5.91 Å². The molecule has 7 nitrogen and oxygen atoms in total. The Bertz CT molecular complexity index is 683. The lowest BCUT2D eigenvalue weighted by molar-refractivity contribution is -0.143. The minimum Gasteiger partial charge on any atom is -0.480 e. The predicted octanol–water partition coefficient (Wildman–Crippen LogP) is 1.82. The van der Waals surface area contributed by atoms with Crippen molar-refractivity contribution in [2.45, 2.75) is 25.3 Å². The van der Waals surface area contributed by atoms with Gasteiger partial charge < -0.3 is 14.5 Å². The molecule has 2 aromatic heterocycles. The highest BCUT2D eigenvalue weighted by atomic mass is 16.5. The largest absolute Gasteiger partial charge is 0.480 e. The standard InChI is InChI=1S/C15H15N3O4/c19-14(18-7-2-1-5-12(18)15(20)21)11-8-13(22-17-11)10-4-3-6-16-9-10/h3-4,6,8-9,12H,1-2,5,7H2,(H,20,21). The van der Waals surface area contributed by atoms with Gasteiger partial charge in [0, 0.05) is 30.6 Å². The van der Waals surface area contributed by atoms with Crippen LogP contribution >= 0.6 is 0 Å². The summed E-state index contributed by atoms with van der Waals surface area (Å²) in [5, 5.41) is 13.0. The molecule has 1 saturated heterocycles. The summed E-state index contributed by atoms with van der Waals surface area (Å²) in [7, 11) is 0. The molecule has 1 amide bonds. The van der Waals surface area contributed by atoms with Crippen LogP contribution < -0.4 is 0 Å². The van der Waals surface area contributed by atoms with Gasteiger partial charge in [-0.1, -0.05) is 5.16 Å². The minimum atomic E-state index is -0.982. The smallest absolute Gasteiger partial charge is 0.326 e. The molecule has 1 N–H and O–H groups in total. The Morgan fingerprint density at radius 2 is 2.23 bits per heavy atom. The molecule has 0 bridgehead atoms. The molecule has 22 heavy (non-hydrogen) atoms. The Morgan fingerprint density at radius 3 is 2.95 bits per heavy atom. The number of rotatable bonds is 3. The van der Waals surface area contributed by atoms with Crippen LogP contribution in [0.2, 0.25) is 0 Å². The number of amides is 1. The van der Waals surface area contributed by atoms with Crippen LogP contribution in [-0.4, -0.2) is 44.6 Å². The van der Waals surface area contributed by atoms with E-state index in [9.17, 15) is 14.7 Å². The van der Waals surface area contributed by atoms with Crippen molar-refractivity contribution in [3.63, 3.8) is 0 Å². The maximum Gasteiger partial charge on any atom is 0.326 e. The number of hydrogen-bond donors (Lipinski definition) is 1. The molecular weight excluding hydrogens is 286 g/mol. The van der Waals surface area contributed by atoms with Crippen LogP contribution in [0, 0.1) is 0 Å². The lowest BCUT2D eigenvalue weighted by atomic mass is 10.0. The van der Waals surface area contributed by atoms with Crippen LogP contribution in [0.1, 0.15) is 29.8 Å². The monoisotopic (exact) mass is 301 g/mol. The maximum atomic E-state index is 12.5. The first-order valence-electron chi connectivity index (χ1n) is 7.07. The van der Waals surface area contributed by atoms with Crippen LogP contribution in [-0.2, 0) is 4.79 Å². The normalized spacial score (nSPS) is 18.2. The van der Waals surface area contributed by atoms with E-state index >= 15 is 0 Å². The van der Waals surface area contributed by atoms with E-state index in [1.807, 2.05) is 0 Å².